The second kappa shape index (κ2) is 12.2. The summed E-state index contributed by atoms with van der Waals surface area (Å²) in [5, 5.41) is 11.0. The zero-order chi connectivity index (χ0) is 20.5. The Bertz CT molecular complexity index is 773. The molecule has 8 nitrogen and oxygen atoms in total. The van der Waals surface area contributed by atoms with Gasteiger partial charge < -0.3 is 15.4 Å². The van der Waals surface area contributed by atoms with Crippen molar-refractivity contribution in [2.45, 2.75) is 39.4 Å². The quantitative estimate of drug-likeness (QED) is 0.311. The Morgan fingerprint density at radius 3 is 2.67 bits per heavy atom. The summed E-state index contributed by atoms with van der Waals surface area (Å²) in [6.07, 6.45) is 3.29. The Morgan fingerprint density at radius 2 is 1.97 bits per heavy atom. The zero-order valence-corrected chi connectivity index (χ0v) is 20.5. The number of ether oxygens (including phenoxy) is 1. The van der Waals surface area contributed by atoms with Crippen LogP contribution in [0.5, 0.6) is 0 Å². The molecule has 0 radical (unpaired) electrons. The maximum atomic E-state index is 5.48. The second-order valence-electron chi connectivity index (χ2n) is 7.87. The minimum absolute atomic E-state index is 0. The van der Waals surface area contributed by atoms with Crippen LogP contribution < -0.4 is 10.6 Å². The second-order valence-corrected chi connectivity index (χ2v) is 7.87. The van der Waals surface area contributed by atoms with Crippen molar-refractivity contribution >= 4 is 29.9 Å². The lowest BCUT2D eigenvalue weighted by Gasteiger charge is -2.41. The van der Waals surface area contributed by atoms with Gasteiger partial charge in [0.15, 0.2) is 5.96 Å². The van der Waals surface area contributed by atoms with Crippen molar-refractivity contribution in [2.75, 3.05) is 39.4 Å². The van der Waals surface area contributed by atoms with E-state index in [2.05, 4.69) is 70.7 Å². The third kappa shape index (κ3) is 7.51. The number of hydrogen-bond donors (Lipinski definition) is 2. The average Bonchev–Trinajstić information content (AvgIpc) is 3.24. The van der Waals surface area contributed by atoms with Crippen LogP contribution in [-0.4, -0.2) is 70.6 Å². The molecule has 0 saturated carbocycles. The van der Waals surface area contributed by atoms with E-state index in [-0.39, 0.29) is 29.5 Å². The molecule has 30 heavy (non-hydrogen) atoms. The predicted octanol–water partition coefficient (Wildman–Crippen LogP) is 2.11. The number of nitrogens with zero attached hydrogens (tertiary/aromatic N) is 5. The fraction of sp³-hybridized carbons (Fsp3) is 0.571. The minimum Gasteiger partial charge on any atom is -0.379 e. The van der Waals surface area contributed by atoms with E-state index in [1.807, 2.05) is 4.68 Å². The number of hydrogen-bond acceptors (Lipinski definition) is 5. The average molecular weight is 527 g/mol. The molecule has 0 amide bonds. The maximum absolute atomic E-state index is 5.48. The van der Waals surface area contributed by atoms with Gasteiger partial charge in [0.2, 0.25) is 0 Å². The van der Waals surface area contributed by atoms with E-state index in [0.29, 0.717) is 13.1 Å². The van der Waals surface area contributed by atoms with E-state index in [1.54, 1.807) is 12.7 Å². The van der Waals surface area contributed by atoms with Crippen LogP contribution >= 0.6 is 24.0 Å². The minimum atomic E-state index is 0. The largest absolute Gasteiger partial charge is 0.379 e. The zero-order valence-electron chi connectivity index (χ0n) is 18.2. The molecule has 2 N–H and O–H groups in total. The summed E-state index contributed by atoms with van der Waals surface area (Å²) in [5.41, 5.74) is 2.40. The van der Waals surface area contributed by atoms with Crippen LogP contribution in [0.4, 0.5) is 0 Å². The molecule has 1 saturated heterocycles. The third-order valence-electron chi connectivity index (χ3n) is 5.12. The lowest BCUT2D eigenvalue weighted by Crippen LogP contribution is -2.56. The highest BCUT2D eigenvalue weighted by Crippen LogP contribution is 2.15. The summed E-state index contributed by atoms with van der Waals surface area (Å²) in [4.78, 5) is 11.3. The first-order valence-electron chi connectivity index (χ1n) is 10.3. The molecule has 3 rings (SSSR count). The van der Waals surface area contributed by atoms with E-state index in [1.165, 1.54) is 11.1 Å². The summed E-state index contributed by atoms with van der Waals surface area (Å²) in [7, 11) is 0. The van der Waals surface area contributed by atoms with Gasteiger partial charge in [0.05, 0.1) is 26.3 Å². The highest BCUT2D eigenvalue weighted by molar-refractivity contribution is 14.0. The number of halogens is 1. The molecule has 1 aliphatic rings. The molecule has 2 heterocycles. The molecule has 0 aliphatic carbocycles. The van der Waals surface area contributed by atoms with E-state index in [0.717, 1.165) is 45.4 Å². The standard InChI is InChI=1S/C21H33N7O.HI/c1-4-23-20(25-15-21(2,3)27-8-10-29-11-9-27)24-13-18-6-5-7-19(12-18)14-28-17-22-16-26-28;/h5-7,12,16-17H,4,8-11,13-15H2,1-3H3,(H2,23,24,25);1H. The van der Waals surface area contributed by atoms with Crippen molar-refractivity contribution in [3.05, 3.63) is 48.0 Å². The molecule has 0 bridgehead atoms. The number of benzene rings is 1. The van der Waals surface area contributed by atoms with Crippen LogP contribution in [0.3, 0.4) is 0 Å². The SMILES string of the molecule is CCNC(=NCc1cccc(Cn2cncn2)c1)NCC(C)(C)N1CCOCC1.I. The number of morpholine rings is 1. The molecule has 166 valence electrons. The van der Waals surface area contributed by atoms with Crippen LogP contribution in [-0.2, 0) is 17.8 Å². The summed E-state index contributed by atoms with van der Waals surface area (Å²) in [5.74, 6) is 0.843. The molecular formula is C21H34IN7O. The molecule has 0 unspecified atom stereocenters. The van der Waals surface area contributed by atoms with Crippen molar-refractivity contribution in [1.82, 2.24) is 30.3 Å². The molecule has 9 heteroatoms. The summed E-state index contributed by atoms with van der Waals surface area (Å²) in [6, 6.07) is 8.45. The fourth-order valence-corrected chi connectivity index (χ4v) is 3.42. The van der Waals surface area contributed by atoms with Crippen molar-refractivity contribution in [3.63, 3.8) is 0 Å². The topological polar surface area (TPSA) is 79.6 Å². The van der Waals surface area contributed by atoms with E-state index in [4.69, 9.17) is 9.73 Å². The van der Waals surface area contributed by atoms with Gasteiger partial charge in [-0.3, -0.25) is 4.90 Å². The monoisotopic (exact) mass is 527 g/mol. The molecule has 0 spiro atoms. The fourth-order valence-electron chi connectivity index (χ4n) is 3.42. The van der Waals surface area contributed by atoms with E-state index in [9.17, 15) is 0 Å². The van der Waals surface area contributed by atoms with Gasteiger partial charge in [-0.25, -0.2) is 14.7 Å². The third-order valence-corrected chi connectivity index (χ3v) is 5.12. The number of aliphatic imine (C=N–C) groups is 1. The Morgan fingerprint density at radius 1 is 1.20 bits per heavy atom. The first-order valence-corrected chi connectivity index (χ1v) is 10.3. The normalized spacial score (nSPS) is 15.5. The van der Waals surface area contributed by atoms with Gasteiger partial charge in [0.25, 0.3) is 0 Å². The number of guanidine groups is 1. The molecule has 1 aromatic heterocycles. The first-order chi connectivity index (χ1) is 14.1. The van der Waals surface area contributed by atoms with Gasteiger partial charge in [0.1, 0.15) is 12.7 Å². The van der Waals surface area contributed by atoms with Gasteiger partial charge >= 0.3 is 0 Å². The molecule has 1 fully saturated rings. The van der Waals surface area contributed by atoms with Gasteiger partial charge in [-0.2, -0.15) is 5.10 Å². The predicted molar refractivity (Wildman–Crippen MR) is 130 cm³/mol. The van der Waals surface area contributed by atoms with Crippen LogP contribution in [0.1, 0.15) is 31.9 Å². The lowest BCUT2D eigenvalue weighted by atomic mass is 10.0. The Balaban J connectivity index is 0.00000320. The van der Waals surface area contributed by atoms with Crippen molar-refractivity contribution in [1.29, 1.82) is 0 Å². The molecule has 1 aromatic carbocycles. The van der Waals surface area contributed by atoms with Crippen molar-refractivity contribution in [3.8, 4) is 0 Å². The molecule has 2 aromatic rings. The number of aromatic nitrogens is 3. The number of nitrogens with one attached hydrogen (secondary N) is 2. The summed E-state index contributed by atoms with van der Waals surface area (Å²) >= 11 is 0. The lowest BCUT2D eigenvalue weighted by molar-refractivity contribution is -0.00834. The van der Waals surface area contributed by atoms with Crippen LogP contribution in [0.25, 0.3) is 0 Å². The maximum Gasteiger partial charge on any atom is 0.191 e. The van der Waals surface area contributed by atoms with Crippen molar-refractivity contribution in [2.24, 2.45) is 4.99 Å². The van der Waals surface area contributed by atoms with Crippen molar-refractivity contribution < 1.29 is 4.74 Å². The Hall–Kier alpha value is -1.72. The van der Waals surface area contributed by atoms with Gasteiger partial charge in [-0.15, -0.1) is 24.0 Å². The highest BCUT2D eigenvalue weighted by Gasteiger charge is 2.28. The molecular weight excluding hydrogens is 493 g/mol. The van der Waals surface area contributed by atoms with E-state index >= 15 is 0 Å². The molecule has 0 atom stereocenters. The van der Waals surface area contributed by atoms with Crippen LogP contribution in [0.15, 0.2) is 41.9 Å². The summed E-state index contributed by atoms with van der Waals surface area (Å²) in [6.45, 7) is 13.2. The van der Waals surface area contributed by atoms with E-state index < -0.39 is 0 Å². The van der Waals surface area contributed by atoms with Crippen LogP contribution in [0.2, 0.25) is 0 Å². The number of rotatable bonds is 8. The van der Waals surface area contributed by atoms with Gasteiger partial charge in [-0.05, 0) is 31.9 Å². The summed E-state index contributed by atoms with van der Waals surface area (Å²) < 4.78 is 7.30. The van der Waals surface area contributed by atoms with Gasteiger partial charge in [-0.1, -0.05) is 24.3 Å². The highest BCUT2D eigenvalue weighted by atomic mass is 127. The Kier molecular flexibility index (Phi) is 9.99. The van der Waals surface area contributed by atoms with Gasteiger partial charge in [0, 0.05) is 31.7 Å². The molecule has 1 aliphatic heterocycles. The van der Waals surface area contributed by atoms with Crippen LogP contribution in [0, 0.1) is 0 Å². The first kappa shape index (κ1) is 24.5. The smallest absolute Gasteiger partial charge is 0.191 e. The Labute approximate surface area is 196 Å².